The molecule has 0 radical (unpaired) electrons. The van der Waals surface area contributed by atoms with Gasteiger partial charge in [-0.3, -0.25) is 14.7 Å². The molecule has 7 heteroatoms. The number of morpholine rings is 1. The van der Waals surface area contributed by atoms with Crippen molar-refractivity contribution < 1.29 is 14.3 Å². The van der Waals surface area contributed by atoms with Crippen molar-refractivity contribution in [2.45, 2.75) is 52.5 Å². The van der Waals surface area contributed by atoms with Gasteiger partial charge in [-0.2, -0.15) is 0 Å². The predicted octanol–water partition coefficient (Wildman–Crippen LogP) is 1.63. The largest absolute Gasteiger partial charge is 0.466 e. The van der Waals surface area contributed by atoms with Crippen molar-refractivity contribution in [1.82, 2.24) is 15.5 Å². The van der Waals surface area contributed by atoms with Crippen LogP contribution in [0.3, 0.4) is 0 Å². The van der Waals surface area contributed by atoms with Crippen LogP contribution >= 0.6 is 0 Å². The molecule has 1 saturated heterocycles. The standard InChI is InChI=1S/C20H38N4O3/c1-4-21-20(22-14-16(3)15-24-10-12-26-13-11-24)23-18-8-6-17(7-9-18)19(25)27-5-2/h16-18H,4-15H2,1-3H3,(H2,21,22,23). The lowest BCUT2D eigenvalue weighted by Crippen LogP contribution is -2.45. The highest BCUT2D eigenvalue weighted by atomic mass is 16.5. The number of hydrogen-bond acceptors (Lipinski definition) is 5. The van der Waals surface area contributed by atoms with Crippen LogP contribution in [0.2, 0.25) is 0 Å². The molecule has 1 saturated carbocycles. The fourth-order valence-electron chi connectivity index (χ4n) is 3.78. The topological polar surface area (TPSA) is 75.2 Å². The number of carbonyl (C=O) groups excluding carboxylic acids is 1. The van der Waals surface area contributed by atoms with Gasteiger partial charge in [0.1, 0.15) is 0 Å². The van der Waals surface area contributed by atoms with E-state index in [2.05, 4.69) is 29.4 Å². The molecule has 1 aliphatic carbocycles. The van der Waals surface area contributed by atoms with Gasteiger partial charge in [0.2, 0.25) is 0 Å². The number of nitrogens with zero attached hydrogens (tertiary/aromatic N) is 2. The maximum atomic E-state index is 11.9. The maximum Gasteiger partial charge on any atom is 0.308 e. The molecular formula is C20H38N4O3. The molecule has 2 fully saturated rings. The molecule has 2 rings (SSSR count). The number of aliphatic imine (C=N–C) groups is 1. The van der Waals surface area contributed by atoms with Gasteiger partial charge >= 0.3 is 5.97 Å². The Labute approximate surface area is 164 Å². The van der Waals surface area contributed by atoms with E-state index in [0.717, 1.165) is 77.6 Å². The molecule has 2 N–H and O–H groups in total. The predicted molar refractivity (Wildman–Crippen MR) is 108 cm³/mol. The first-order valence-corrected chi connectivity index (χ1v) is 10.6. The Morgan fingerprint density at radius 2 is 1.93 bits per heavy atom. The molecule has 2 aliphatic rings. The summed E-state index contributed by atoms with van der Waals surface area (Å²) >= 11 is 0. The third-order valence-electron chi connectivity index (χ3n) is 5.27. The fraction of sp³-hybridized carbons (Fsp3) is 0.900. The van der Waals surface area contributed by atoms with Gasteiger partial charge in [-0.25, -0.2) is 0 Å². The van der Waals surface area contributed by atoms with Gasteiger partial charge in [0, 0.05) is 38.8 Å². The molecule has 0 aromatic heterocycles. The van der Waals surface area contributed by atoms with Crippen molar-refractivity contribution in [2.24, 2.45) is 16.8 Å². The molecular weight excluding hydrogens is 344 g/mol. The van der Waals surface area contributed by atoms with E-state index < -0.39 is 0 Å². The van der Waals surface area contributed by atoms with Crippen LogP contribution in [0, 0.1) is 11.8 Å². The van der Waals surface area contributed by atoms with Gasteiger partial charge < -0.3 is 20.1 Å². The Kier molecular flexibility index (Phi) is 9.91. The number of nitrogens with one attached hydrogen (secondary N) is 2. The summed E-state index contributed by atoms with van der Waals surface area (Å²) in [6.45, 7) is 13.1. The van der Waals surface area contributed by atoms with Gasteiger partial charge in [-0.1, -0.05) is 6.92 Å². The van der Waals surface area contributed by atoms with E-state index in [1.54, 1.807) is 0 Å². The second-order valence-corrected chi connectivity index (χ2v) is 7.68. The van der Waals surface area contributed by atoms with Crippen LogP contribution in [0.4, 0.5) is 0 Å². The van der Waals surface area contributed by atoms with E-state index in [9.17, 15) is 4.79 Å². The molecule has 0 spiro atoms. The van der Waals surface area contributed by atoms with Gasteiger partial charge in [0.25, 0.3) is 0 Å². The third kappa shape index (κ3) is 8.05. The van der Waals surface area contributed by atoms with Gasteiger partial charge in [-0.15, -0.1) is 0 Å². The molecule has 156 valence electrons. The SMILES string of the molecule is CCNC(=NCC(C)CN1CCOCC1)NC1CCC(C(=O)OCC)CC1. The lowest BCUT2D eigenvalue weighted by molar-refractivity contribution is -0.149. The minimum Gasteiger partial charge on any atom is -0.466 e. The number of ether oxygens (including phenoxy) is 2. The maximum absolute atomic E-state index is 11.9. The van der Waals surface area contributed by atoms with Crippen molar-refractivity contribution in [3.8, 4) is 0 Å². The average Bonchev–Trinajstić information content (AvgIpc) is 2.68. The summed E-state index contributed by atoms with van der Waals surface area (Å²) in [7, 11) is 0. The van der Waals surface area contributed by atoms with E-state index in [4.69, 9.17) is 14.5 Å². The minimum atomic E-state index is -0.0338. The van der Waals surface area contributed by atoms with Gasteiger partial charge in [-0.05, 0) is 45.4 Å². The number of rotatable bonds is 8. The van der Waals surface area contributed by atoms with Crippen LogP contribution in [0.1, 0.15) is 46.5 Å². The number of guanidine groups is 1. The lowest BCUT2D eigenvalue weighted by Gasteiger charge is -2.30. The average molecular weight is 383 g/mol. The third-order valence-corrected chi connectivity index (χ3v) is 5.27. The van der Waals surface area contributed by atoms with Crippen molar-refractivity contribution in [1.29, 1.82) is 0 Å². The Balaban J connectivity index is 1.75. The Bertz CT molecular complexity index is 458. The molecule has 1 atom stereocenters. The summed E-state index contributed by atoms with van der Waals surface area (Å²) < 4.78 is 10.6. The number of esters is 1. The van der Waals surface area contributed by atoms with E-state index in [1.807, 2.05) is 6.92 Å². The Hall–Kier alpha value is -1.34. The van der Waals surface area contributed by atoms with Crippen LogP contribution in [-0.2, 0) is 14.3 Å². The summed E-state index contributed by atoms with van der Waals surface area (Å²) in [5.41, 5.74) is 0. The quantitative estimate of drug-likeness (QED) is 0.378. The van der Waals surface area contributed by atoms with E-state index >= 15 is 0 Å². The first-order chi connectivity index (χ1) is 13.1. The highest BCUT2D eigenvalue weighted by Crippen LogP contribution is 2.25. The highest BCUT2D eigenvalue weighted by molar-refractivity contribution is 5.80. The van der Waals surface area contributed by atoms with Crippen molar-refractivity contribution in [3.63, 3.8) is 0 Å². The van der Waals surface area contributed by atoms with Crippen LogP contribution in [0.5, 0.6) is 0 Å². The zero-order chi connectivity index (χ0) is 19.5. The number of carbonyl (C=O) groups is 1. The van der Waals surface area contributed by atoms with Crippen LogP contribution in [0.15, 0.2) is 4.99 Å². The molecule has 27 heavy (non-hydrogen) atoms. The smallest absolute Gasteiger partial charge is 0.308 e. The number of hydrogen-bond donors (Lipinski definition) is 2. The Morgan fingerprint density at radius 1 is 1.22 bits per heavy atom. The summed E-state index contributed by atoms with van der Waals surface area (Å²) in [5.74, 6) is 1.44. The molecule has 1 aliphatic heterocycles. The molecule has 0 aromatic carbocycles. The monoisotopic (exact) mass is 382 g/mol. The van der Waals surface area contributed by atoms with E-state index in [0.29, 0.717) is 18.6 Å². The molecule has 0 amide bonds. The molecule has 1 unspecified atom stereocenters. The van der Waals surface area contributed by atoms with Crippen molar-refractivity contribution >= 4 is 11.9 Å². The van der Waals surface area contributed by atoms with Gasteiger partial charge in [0.15, 0.2) is 5.96 Å². The van der Waals surface area contributed by atoms with Crippen molar-refractivity contribution in [2.75, 3.05) is 52.5 Å². The summed E-state index contributed by atoms with van der Waals surface area (Å²) in [5, 5.41) is 6.92. The van der Waals surface area contributed by atoms with Gasteiger partial charge in [0.05, 0.1) is 25.7 Å². The van der Waals surface area contributed by atoms with E-state index in [-0.39, 0.29) is 11.9 Å². The molecule has 0 aromatic rings. The minimum absolute atomic E-state index is 0.0338. The second-order valence-electron chi connectivity index (χ2n) is 7.68. The Morgan fingerprint density at radius 3 is 2.56 bits per heavy atom. The lowest BCUT2D eigenvalue weighted by atomic mass is 9.86. The normalized spacial score (nSPS) is 25.7. The summed E-state index contributed by atoms with van der Waals surface area (Å²) in [6.07, 6.45) is 3.75. The second kappa shape index (κ2) is 12.2. The zero-order valence-corrected chi connectivity index (χ0v) is 17.3. The first-order valence-electron chi connectivity index (χ1n) is 10.6. The van der Waals surface area contributed by atoms with Crippen LogP contribution in [-0.4, -0.2) is 75.4 Å². The molecule has 1 heterocycles. The summed E-state index contributed by atoms with van der Waals surface area (Å²) in [6, 6.07) is 0.378. The van der Waals surface area contributed by atoms with Crippen molar-refractivity contribution in [3.05, 3.63) is 0 Å². The van der Waals surface area contributed by atoms with Crippen LogP contribution in [0.25, 0.3) is 0 Å². The molecule has 7 nitrogen and oxygen atoms in total. The van der Waals surface area contributed by atoms with E-state index in [1.165, 1.54) is 0 Å². The molecule has 0 bridgehead atoms. The highest BCUT2D eigenvalue weighted by Gasteiger charge is 2.27. The first kappa shape index (κ1) is 22.0. The fourth-order valence-corrected chi connectivity index (χ4v) is 3.78. The zero-order valence-electron chi connectivity index (χ0n) is 17.3. The van der Waals surface area contributed by atoms with Crippen LogP contribution < -0.4 is 10.6 Å². The summed E-state index contributed by atoms with van der Waals surface area (Å²) in [4.78, 5) is 19.1.